The zero-order chi connectivity index (χ0) is 13.8. The molecule has 0 aliphatic heterocycles. The molecule has 0 heterocycles. The van der Waals surface area contributed by atoms with Crippen molar-refractivity contribution in [1.29, 1.82) is 0 Å². The molecule has 1 N–H and O–H groups in total. The van der Waals surface area contributed by atoms with E-state index in [2.05, 4.69) is 32.0 Å². The Hall–Kier alpha value is -1.02. The standard InChI is InChI=1S/C17H26O2/c1-12(2)14-6-7-15(17(11-14)19-3)10-13-4-8-16(18)9-5-13/h6-7,11-13,16,18H,4-5,8-10H2,1-3H3. The van der Waals surface area contributed by atoms with Gasteiger partial charge in [-0.3, -0.25) is 0 Å². The molecule has 0 aromatic heterocycles. The van der Waals surface area contributed by atoms with E-state index in [1.165, 1.54) is 11.1 Å². The Bertz CT molecular complexity index is 404. The van der Waals surface area contributed by atoms with Gasteiger partial charge in [-0.15, -0.1) is 0 Å². The van der Waals surface area contributed by atoms with Crippen LogP contribution >= 0.6 is 0 Å². The summed E-state index contributed by atoms with van der Waals surface area (Å²) in [5.41, 5.74) is 2.65. The molecule has 0 spiro atoms. The van der Waals surface area contributed by atoms with Crippen molar-refractivity contribution in [3.63, 3.8) is 0 Å². The summed E-state index contributed by atoms with van der Waals surface area (Å²) in [7, 11) is 1.76. The first-order valence-electron chi connectivity index (χ1n) is 7.45. The number of benzene rings is 1. The summed E-state index contributed by atoms with van der Waals surface area (Å²) in [6.07, 6.45) is 5.19. The van der Waals surface area contributed by atoms with Crippen molar-refractivity contribution >= 4 is 0 Å². The predicted molar refractivity (Wildman–Crippen MR) is 78.8 cm³/mol. The van der Waals surface area contributed by atoms with Crippen molar-refractivity contribution in [2.45, 2.75) is 58.0 Å². The lowest BCUT2D eigenvalue weighted by Crippen LogP contribution is -2.19. The fraction of sp³-hybridized carbons (Fsp3) is 0.647. The Morgan fingerprint density at radius 3 is 2.47 bits per heavy atom. The number of rotatable bonds is 4. The maximum atomic E-state index is 9.57. The minimum Gasteiger partial charge on any atom is -0.496 e. The number of aliphatic hydroxyl groups excluding tert-OH is 1. The highest BCUT2D eigenvalue weighted by Crippen LogP contribution is 2.32. The number of ether oxygens (including phenoxy) is 1. The van der Waals surface area contributed by atoms with Gasteiger partial charge in [-0.25, -0.2) is 0 Å². The third-order valence-corrected chi connectivity index (χ3v) is 4.30. The van der Waals surface area contributed by atoms with E-state index in [0.29, 0.717) is 11.8 Å². The fourth-order valence-corrected chi connectivity index (χ4v) is 2.95. The van der Waals surface area contributed by atoms with E-state index in [1.807, 2.05) is 0 Å². The zero-order valence-electron chi connectivity index (χ0n) is 12.4. The van der Waals surface area contributed by atoms with Crippen molar-refractivity contribution in [2.75, 3.05) is 7.11 Å². The smallest absolute Gasteiger partial charge is 0.122 e. The fourth-order valence-electron chi connectivity index (χ4n) is 2.95. The van der Waals surface area contributed by atoms with Gasteiger partial charge in [0, 0.05) is 0 Å². The van der Waals surface area contributed by atoms with Crippen LogP contribution in [0.1, 0.15) is 56.6 Å². The molecule has 0 bridgehead atoms. The number of hydrogen-bond acceptors (Lipinski definition) is 2. The molecule has 19 heavy (non-hydrogen) atoms. The number of hydrogen-bond donors (Lipinski definition) is 1. The lowest BCUT2D eigenvalue weighted by molar-refractivity contribution is 0.108. The first kappa shape index (κ1) is 14.4. The van der Waals surface area contributed by atoms with Crippen molar-refractivity contribution in [3.05, 3.63) is 29.3 Å². The minimum absolute atomic E-state index is 0.0681. The SMILES string of the molecule is COc1cc(C(C)C)ccc1CC1CCC(O)CC1. The Labute approximate surface area is 116 Å². The van der Waals surface area contributed by atoms with E-state index in [-0.39, 0.29) is 6.10 Å². The molecular weight excluding hydrogens is 236 g/mol. The molecule has 0 saturated heterocycles. The second-order valence-corrected chi connectivity index (χ2v) is 6.10. The van der Waals surface area contributed by atoms with Gasteiger partial charge in [0.05, 0.1) is 13.2 Å². The van der Waals surface area contributed by atoms with Crippen LogP contribution in [0.3, 0.4) is 0 Å². The average molecular weight is 262 g/mol. The third kappa shape index (κ3) is 3.73. The van der Waals surface area contributed by atoms with E-state index in [0.717, 1.165) is 37.9 Å². The van der Waals surface area contributed by atoms with Crippen LogP contribution in [0.25, 0.3) is 0 Å². The second-order valence-electron chi connectivity index (χ2n) is 6.10. The first-order chi connectivity index (χ1) is 9.10. The van der Waals surface area contributed by atoms with E-state index in [9.17, 15) is 5.11 Å². The van der Waals surface area contributed by atoms with Gasteiger partial charge >= 0.3 is 0 Å². The summed E-state index contributed by atoms with van der Waals surface area (Å²) in [5, 5.41) is 9.57. The van der Waals surface area contributed by atoms with Crippen LogP contribution in [-0.4, -0.2) is 18.3 Å². The van der Waals surface area contributed by atoms with Crippen LogP contribution in [0.2, 0.25) is 0 Å². The summed E-state index contributed by atoms with van der Waals surface area (Å²) in [5.74, 6) is 2.26. The lowest BCUT2D eigenvalue weighted by atomic mass is 9.83. The van der Waals surface area contributed by atoms with Gasteiger partial charge in [0.15, 0.2) is 0 Å². The van der Waals surface area contributed by atoms with Gasteiger partial charge in [-0.2, -0.15) is 0 Å². The molecule has 1 aliphatic carbocycles. The van der Waals surface area contributed by atoms with Crippen LogP contribution in [0.5, 0.6) is 5.75 Å². The third-order valence-electron chi connectivity index (χ3n) is 4.30. The zero-order valence-corrected chi connectivity index (χ0v) is 12.4. The summed E-state index contributed by atoms with van der Waals surface area (Å²) in [4.78, 5) is 0. The molecule has 0 amide bonds. The Balaban J connectivity index is 2.07. The quantitative estimate of drug-likeness (QED) is 0.891. The molecule has 1 saturated carbocycles. The Morgan fingerprint density at radius 2 is 1.89 bits per heavy atom. The molecule has 2 heteroatoms. The lowest BCUT2D eigenvalue weighted by Gasteiger charge is -2.26. The molecule has 0 radical (unpaired) electrons. The van der Waals surface area contributed by atoms with Crippen molar-refractivity contribution in [2.24, 2.45) is 5.92 Å². The maximum Gasteiger partial charge on any atom is 0.122 e. The predicted octanol–water partition coefficient (Wildman–Crippen LogP) is 3.91. The highest BCUT2D eigenvalue weighted by Gasteiger charge is 2.20. The van der Waals surface area contributed by atoms with Crippen LogP contribution < -0.4 is 4.74 Å². The molecule has 1 aromatic carbocycles. The van der Waals surface area contributed by atoms with Crippen molar-refractivity contribution in [1.82, 2.24) is 0 Å². The molecular formula is C17H26O2. The Morgan fingerprint density at radius 1 is 1.21 bits per heavy atom. The average Bonchev–Trinajstić information content (AvgIpc) is 2.41. The van der Waals surface area contributed by atoms with E-state index in [1.54, 1.807) is 7.11 Å². The molecule has 0 unspecified atom stereocenters. The normalized spacial score (nSPS) is 23.6. The molecule has 1 fully saturated rings. The summed E-state index contributed by atoms with van der Waals surface area (Å²) in [6.45, 7) is 4.41. The van der Waals surface area contributed by atoms with Gasteiger partial charge in [0.2, 0.25) is 0 Å². The highest BCUT2D eigenvalue weighted by molar-refractivity contribution is 5.39. The monoisotopic (exact) mass is 262 g/mol. The van der Waals surface area contributed by atoms with Gasteiger partial charge in [-0.1, -0.05) is 26.0 Å². The van der Waals surface area contributed by atoms with Crippen LogP contribution in [0.15, 0.2) is 18.2 Å². The first-order valence-corrected chi connectivity index (χ1v) is 7.45. The molecule has 106 valence electrons. The molecule has 2 nitrogen and oxygen atoms in total. The number of aliphatic hydroxyl groups is 1. The topological polar surface area (TPSA) is 29.5 Å². The summed E-state index contributed by atoms with van der Waals surface area (Å²) >= 11 is 0. The largest absolute Gasteiger partial charge is 0.496 e. The Kier molecular flexibility index (Phi) is 4.87. The molecule has 1 aliphatic rings. The van der Waals surface area contributed by atoms with E-state index in [4.69, 9.17) is 4.74 Å². The number of methoxy groups -OCH3 is 1. The molecule has 0 atom stereocenters. The summed E-state index contributed by atoms with van der Waals surface area (Å²) < 4.78 is 5.55. The van der Waals surface area contributed by atoms with Crippen molar-refractivity contribution in [3.8, 4) is 5.75 Å². The maximum absolute atomic E-state index is 9.57. The van der Waals surface area contributed by atoms with Crippen LogP contribution in [-0.2, 0) is 6.42 Å². The van der Waals surface area contributed by atoms with E-state index < -0.39 is 0 Å². The summed E-state index contributed by atoms with van der Waals surface area (Å²) in [6, 6.07) is 6.62. The van der Waals surface area contributed by atoms with Gasteiger partial charge < -0.3 is 9.84 Å². The highest BCUT2D eigenvalue weighted by atomic mass is 16.5. The molecule has 2 rings (SSSR count). The second kappa shape index (κ2) is 6.42. The minimum atomic E-state index is -0.0681. The van der Waals surface area contributed by atoms with Crippen molar-refractivity contribution < 1.29 is 9.84 Å². The van der Waals surface area contributed by atoms with Crippen LogP contribution in [0.4, 0.5) is 0 Å². The van der Waals surface area contributed by atoms with Crippen LogP contribution in [0, 0.1) is 5.92 Å². The van der Waals surface area contributed by atoms with Gasteiger partial charge in [0.25, 0.3) is 0 Å². The molecule has 1 aromatic rings. The van der Waals surface area contributed by atoms with E-state index >= 15 is 0 Å². The van der Waals surface area contributed by atoms with Gasteiger partial charge in [-0.05, 0) is 61.1 Å². The van der Waals surface area contributed by atoms with Gasteiger partial charge in [0.1, 0.15) is 5.75 Å².